The van der Waals surface area contributed by atoms with Crippen LogP contribution >= 0.6 is 0 Å². The molecule has 0 aliphatic carbocycles. The molecule has 2 aromatic carbocycles. The number of rotatable bonds is 9. The number of aryl methyl sites for hydroxylation is 1. The second-order valence-corrected chi connectivity index (χ2v) is 6.84. The van der Waals surface area contributed by atoms with E-state index in [1.54, 1.807) is 25.1 Å². The lowest BCUT2D eigenvalue weighted by molar-refractivity contribution is -0.133. The van der Waals surface area contributed by atoms with Crippen molar-refractivity contribution < 1.29 is 32.7 Å². The Kier molecular flexibility index (Phi) is 7.37. The van der Waals surface area contributed by atoms with Gasteiger partial charge in [-0.25, -0.2) is 9.18 Å². The van der Waals surface area contributed by atoms with Gasteiger partial charge in [0, 0.05) is 20.5 Å². The number of benzene rings is 2. The first kappa shape index (κ1) is 22.7. The Balaban J connectivity index is 1.46. The van der Waals surface area contributed by atoms with Crippen LogP contribution in [0.1, 0.15) is 27.6 Å². The summed E-state index contributed by atoms with van der Waals surface area (Å²) in [5.41, 5.74) is 0.845. The summed E-state index contributed by atoms with van der Waals surface area (Å²) in [6.45, 7) is 1.52. The number of halogens is 1. The summed E-state index contributed by atoms with van der Waals surface area (Å²) in [4.78, 5) is 29.8. The Hall–Kier alpha value is -3.95. The molecule has 0 unspecified atom stereocenters. The van der Waals surface area contributed by atoms with Gasteiger partial charge in [0.1, 0.15) is 5.75 Å². The first-order chi connectivity index (χ1) is 15.4. The second kappa shape index (κ2) is 10.4. The lowest BCUT2D eigenvalue weighted by atomic mass is 10.2. The molecule has 0 N–H and O–H groups in total. The van der Waals surface area contributed by atoms with Crippen molar-refractivity contribution in [3.63, 3.8) is 0 Å². The topological polar surface area (TPSA) is 104 Å². The summed E-state index contributed by atoms with van der Waals surface area (Å²) in [6, 6.07) is 10.7. The highest BCUT2D eigenvalue weighted by Crippen LogP contribution is 2.18. The monoisotopic (exact) mass is 443 g/mol. The third-order valence-corrected chi connectivity index (χ3v) is 4.42. The zero-order chi connectivity index (χ0) is 23.1. The van der Waals surface area contributed by atoms with Crippen molar-refractivity contribution in [2.75, 3.05) is 20.8 Å². The van der Waals surface area contributed by atoms with Gasteiger partial charge < -0.3 is 23.6 Å². The van der Waals surface area contributed by atoms with Crippen LogP contribution in [-0.2, 0) is 22.7 Å². The highest BCUT2D eigenvalue weighted by molar-refractivity contribution is 5.91. The SMILES string of the molecule is COc1ccc(CN(C)C(=O)COC(=O)c2ccc(OCc3noc(C)n3)cc2)cc1F. The maximum absolute atomic E-state index is 13.8. The van der Waals surface area contributed by atoms with Crippen molar-refractivity contribution in [2.45, 2.75) is 20.1 Å². The molecule has 1 amide bonds. The molecule has 32 heavy (non-hydrogen) atoms. The molecule has 9 nitrogen and oxygen atoms in total. The molecule has 0 saturated heterocycles. The maximum Gasteiger partial charge on any atom is 0.338 e. The van der Waals surface area contributed by atoms with Gasteiger partial charge in [0.15, 0.2) is 24.8 Å². The van der Waals surface area contributed by atoms with Crippen LogP contribution in [0.5, 0.6) is 11.5 Å². The zero-order valence-electron chi connectivity index (χ0n) is 17.8. The van der Waals surface area contributed by atoms with Gasteiger partial charge in [0.2, 0.25) is 11.7 Å². The van der Waals surface area contributed by atoms with E-state index in [0.29, 0.717) is 23.0 Å². The first-order valence-electron chi connectivity index (χ1n) is 9.61. The second-order valence-electron chi connectivity index (χ2n) is 6.84. The van der Waals surface area contributed by atoms with E-state index in [4.69, 9.17) is 18.7 Å². The number of hydrogen-bond donors (Lipinski definition) is 0. The van der Waals surface area contributed by atoms with E-state index in [9.17, 15) is 14.0 Å². The van der Waals surface area contributed by atoms with Crippen molar-refractivity contribution in [3.8, 4) is 11.5 Å². The number of carbonyl (C=O) groups is 2. The van der Waals surface area contributed by atoms with Crippen LogP contribution in [0.15, 0.2) is 47.0 Å². The Labute approximate surface area is 183 Å². The van der Waals surface area contributed by atoms with Gasteiger partial charge in [-0.2, -0.15) is 4.98 Å². The highest BCUT2D eigenvalue weighted by Gasteiger charge is 2.15. The van der Waals surface area contributed by atoms with E-state index in [0.717, 1.165) is 0 Å². The van der Waals surface area contributed by atoms with Crippen LogP contribution in [0, 0.1) is 12.7 Å². The standard InChI is InChI=1S/C22H22FN3O6/c1-14-24-20(25-32-14)12-30-17-7-5-16(6-8-17)22(28)31-13-21(27)26(2)11-15-4-9-19(29-3)18(23)10-15/h4-10H,11-13H2,1-3H3. The van der Waals surface area contributed by atoms with E-state index in [2.05, 4.69) is 10.1 Å². The predicted molar refractivity (Wildman–Crippen MR) is 110 cm³/mol. The van der Waals surface area contributed by atoms with Gasteiger partial charge in [-0.15, -0.1) is 0 Å². The number of hydrogen-bond acceptors (Lipinski definition) is 8. The quantitative estimate of drug-likeness (QED) is 0.465. The molecule has 10 heteroatoms. The molecule has 0 aliphatic rings. The van der Waals surface area contributed by atoms with Crippen LogP contribution in [0.2, 0.25) is 0 Å². The van der Waals surface area contributed by atoms with E-state index in [-0.39, 0.29) is 24.5 Å². The van der Waals surface area contributed by atoms with E-state index in [1.165, 1.54) is 43.3 Å². The van der Waals surface area contributed by atoms with E-state index in [1.807, 2.05) is 0 Å². The minimum absolute atomic E-state index is 0.123. The molecule has 0 radical (unpaired) electrons. The summed E-state index contributed by atoms with van der Waals surface area (Å²) in [7, 11) is 2.91. The largest absolute Gasteiger partial charge is 0.494 e. The maximum atomic E-state index is 13.8. The van der Waals surface area contributed by atoms with Gasteiger partial charge in [-0.1, -0.05) is 11.2 Å². The third-order valence-electron chi connectivity index (χ3n) is 4.42. The fourth-order valence-corrected chi connectivity index (χ4v) is 2.73. The fraction of sp³-hybridized carbons (Fsp3) is 0.273. The summed E-state index contributed by atoms with van der Waals surface area (Å²) >= 11 is 0. The Morgan fingerprint density at radius 1 is 1.16 bits per heavy atom. The van der Waals surface area contributed by atoms with Crippen LogP contribution in [0.25, 0.3) is 0 Å². The number of esters is 1. The third kappa shape index (κ3) is 6.03. The van der Waals surface area contributed by atoms with Gasteiger partial charge >= 0.3 is 5.97 Å². The summed E-state index contributed by atoms with van der Waals surface area (Å²) in [6.07, 6.45) is 0. The fourth-order valence-electron chi connectivity index (χ4n) is 2.73. The lowest BCUT2D eigenvalue weighted by Gasteiger charge is -2.17. The van der Waals surface area contributed by atoms with E-state index < -0.39 is 24.3 Å². The molecule has 1 aromatic heterocycles. The minimum atomic E-state index is -0.650. The first-order valence-corrected chi connectivity index (χ1v) is 9.61. The molecule has 0 fully saturated rings. The van der Waals surface area contributed by atoms with Crippen molar-refractivity contribution in [3.05, 3.63) is 71.1 Å². The molecular weight excluding hydrogens is 421 g/mol. The number of amides is 1. The van der Waals surface area contributed by atoms with Crippen LogP contribution < -0.4 is 9.47 Å². The number of nitrogens with zero attached hydrogens (tertiary/aromatic N) is 3. The Morgan fingerprint density at radius 2 is 1.91 bits per heavy atom. The summed E-state index contributed by atoms with van der Waals surface area (Å²) < 4.78 is 34.1. The number of aromatic nitrogens is 2. The van der Waals surface area contributed by atoms with Gasteiger partial charge in [0.05, 0.1) is 12.7 Å². The lowest BCUT2D eigenvalue weighted by Crippen LogP contribution is -2.30. The van der Waals surface area contributed by atoms with Gasteiger partial charge in [0.25, 0.3) is 5.91 Å². The minimum Gasteiger partial charge on any atom is -0.494 e. The Morgan fingerprint density at radius 3 is 2.53 bits per heavy atom. The summed E-state index contributed by atoms with van der Waals surface area (Å²) in [5, 5.41) is 3.72. The molecule has 0 spiro atoms. The zero-order valence-corrected chi connectivity index (χ0v) is 17.8. The van der Waals surface area contributed by atoms with Gasteiger partial charge in [-0.3, -0.25) is 4.79 Å². The van der Waals surface area contributed by atoms with Crippen molar-refractivity contribution >= 4 is 11.9 Å². The highest BCUT2D eigenvalue weighted by atomic mass is 19.1. The molecule has 3 rings (SSSR count). The summed E-state index contributed by atoms with van der Waals surface area (Å²) in [5.74, 6) is -0.113. The molecular formula is C22H22FN3O6. The smallest absolute Gasteiger partial charge is 0.338 e. The van der Waals surface area contributed by atoms with Crippen LogP contribution in [0.3, 0.4) is 0 Å². The normalized spacial score (nSPS) is 10.5. The van der Waals surface area contributed by atoms with Crippen LogP contribution in [0.4, 0.5) is 4.39 Å². The molecule has 0 saturated carbocycles. The van der Waals surface area contributed by atoms with E-state index >= 15 is 0 Å². The number of carbonyl (C=O) groups excluding carboxylic acids is 2. The molecule has 3 aromatic rings. The van der Waals surface area contributed by atoms with Crippen molar-refractivity contribution in [1.82, 2.24) is 15.0 Å². The Bertz CT molecular complexity index is 1080. The molecule has 0 aliphatic heterocycles. The molecule has 1 heterocycles. The van der Waals surface area contributed by atoms with Crippen molar-refractivity contribution in [2.24, 2.45) is 0 Å². The molecule has 0 bridgehead atoms. The number of ether oxygens (including phenoxy) is 3. The predicted octanol–water partition coefficient (Wildman–Crippen LogP) is 2.92. The average Bonchev–Trinajstić information content (AvgIpc) is 3.21. The number of likely N-dealkylation sites (N-methyl/N-ethyl adjacent to an activating group) is 1. The molecule has 0 atom stereocenters. The number of methoxy groups -OCH3 is 1. The molecule has 168 valence electrons. The average molecular weight is 443 g/mol. The van der Waals surface area contributed by atoms with Crippen LogP contribution in [-0.4, -0.2) is 47.7 Å². The van der Waals surface area contributed by atoms with Gasteiger partial charge in [-0.05, 0) is 42.0 Å². The van der Waals surface area contributed by atoms with Crippen molar-refractivity contribution in [1.29, 1.82) is 0 Å².